The first-order chi connectivity index (χ1) is 10.5. The van der Waals surface area contributed by atoms with Crippen molar-refractivity contribution in [1.29, 1.82) is 0 Å². The van der Waals surface area contributed by atoms with E-state index in [4.69, 9.17) is 0 Å². The molecular formula is C14H18BrN3O3S. The van der Waals surface area contributed by atoms with Crippen LogP contribution in [0.3, 0.4) is 0 Å². The highest BCUT2D eigenvalue weighted by Gasteiger charge is 2.38. The summed E-state index contributed by atoms with van der Waals surface area (Å²) in [6.45, 7) is 4.64. The molecule has 0 aromatic carbocycles. The van der Waals surface area contributed by atoms with Gasteiger partial charge in [0.2, 0.25) is 11.8 Å². The molecule has 0 saturated carbocycles. The minimum absolute atomic E-state index is 0.0187. The molecule has 2 rings (SSSR count). The van der Waals surface area contributed by atoms with Gasteiger partial charge in [0.1, 0.15) is 10.2 Å². The number of carbonyl (C=O) groups is 2. The highest BCUT2D eigenvalue weighted by atomic mass is 79.9. The Morgan fingerprint density at radius 1 is 1.55 bits per heavy atom. The number of aromatic nitrogens is 1. The minimum Gasteiger partial charge on any atom is -0.384 e. The fraction of sp³-hybridized carbons (Fsp3) is 0.500. The zero-order valence-electron chi connectivity index (χ0n) is 12.0. The number of carbonyl (C=O) groups excluding carboxylic acids is 2. The van der Waals surface area contributed by atoms with Crippen LogP contribution in [0.4, 0.5) is 0 Å². The van der Waals surface area contributed by atoms with Gasteiger partial charge in [-0.2, -0.15) is 0 Å². The summed E-state index contributed by atoms with van der Waals surface area (Å²) in [5.41, 5.74) is 0.769. The normalized spacial score (nSPS) is 17.1. The summed E-state index contributed by atoms with van der Waals surface area (Å²) >= 11 is 4.76. The molecule has 1 aliphatic heterocycles. The van der Waals surface area contributed by atoms with E-state index < -0.39 is 5.60 Å². The van der Waals surface area contributed by atoms with E-state index >= 15 is 0 Å². The second kappa shape index (κ2) is 7.34. The van der Waals surface area contributed by atoms with E-state index in [2.05, 4.69) is 32.8 Å². The molecule has 2 N–H and O–H groups in total. The molecule has 2 amide bonds. The first kappa shape index (κ1) is 17.1. The van der Waals surface area contributed by atoms with Crippen LogP contribution in [0.25, 0.3) is 0 Å². The summed E-state index contributed by atoms with van der Waals surface area (Å²) in [5, 5.41) is 13.3. The van der Waals surface area contributed by atoms with Crippen LogP contribution in [-0.4, -0.2) is 46.4 Å². The Kier molecular flexibility index (Phi) is 5.71. The van der Waals surface area contributed by atoms with Gasteiger partial charge in [0.15, 0.2) is 0 Å². The SMILES string of the molecule is C=CC(=O)NCCC(=O)N1CCC(O)(c2scnc2Br)CC1. The molecule has 0 radical (unpaired) electrons. The maximum Gasteiger partial charge on any atom is 0.243 e. The van der Waals surface area contributed by atoms with Gasteiger partial charge in [0.05, 0.1) is 10.4 Å². The fourth-order valence-electron chi connectivity index (χ4n) is 2.41. The van der Waals surface area contributed by atoms with Crippen molar-refractivity contribution in [3.05, 3.63) is 27.6 Å². The van der Waals surface area contributed by atoms with Gasteiger partial charge in [-0.25, -0.2) is 4.98 Å². The van der Waals surface area contributed by atoms with E-state index in [1.165, 1.54) is 17.4 Å². The monoisotopic (exact) mass is 387 g/mol. The van der Waals surface area contributed by atoms with Gasteiger partial charge in [-0.1, -0.05) is 6.58 Å². The Labute approximate surface area is 141 Å². The number of hydrogen-bond donors (Lipinski definition) is 2. The van der Waals surface area contributed by atoms with Crippen LogP contribution in [0.1, 0.15) is 24.1 Å². The molecule has 6 nitrogen and oxygen atoms in total. The third-order valence-corrected chi connectivity index (χ3v) is 5.60. The fourth-order valence-corrected chi connectivity index (χ4v) is 4.13. The molecule has 120 valence electrons. The summed E-state index contributed by atoms with van der Waals surface area (Å²) in [6.07, 6.45) is 2.40. The second-order valence-electron chi connectivity index (χ2n) is 5.13. The number of halogens is 1. The van der Waals surface area contributed by atoms with E-state index in [9.17, 15) is 14.7 Å². The first-order valence-corrected chi connectivity index (χ1v) is 8.63. The van der Waals surface area contributed by atoms with Crippen LogP contribution in [0.5, 0.6) is 0 Å². The van der Waals surface area contributed by atoms with Gasteiger partial charge in [0.25, 0.3) is 0 Å². The Balaban J connectivity index is 1.84. The average Bonchev–Trinajstić information content (AvgIpc) is 2.94. The number of nitrogens with one attached hydrogen (secondary N) is 1. The number of hydrogen-bond acceptors (Lipinski definition) is 5. The van der Waals surface area contributed by atoms with Crippen molar-refractivity contribution in [2.75, 3.05) is 19.6 Å². The molecule has 1 aromatic heterocycles. The molecule has 0 bridgehead atoms. The number of nitrogens with zero attached hydrogens (tertiary/aromatic N) is 2. The van der Waals surface area contributed by atoms with Crippen molar-refractivity contribution in [2.24, 2.45) is 0 Å². The van der Waals surface area contributed by atoms with Crippen LogP contribution in [0, 0.1) is 0 Å². The number of likely N-dealkylation sites (tertiary alicyclic amines) is 1. The Bertz CT molecular complexity index is 567. The third-order valence-electron chi connectivity index (χ3n) is 3.71. The predicted octanol–water partition coefficient (Wildman–Crippen LogP) is 1.41. The minimum atomic E-state index is -0.923. The maximum absolute atomic E-state index is 12.1. The number of rotatable bonds is 5. The summed E-state index contributed by atoms with van der Waals surface area (Å²) in [5.74, 6) is -0.300. The van der Waals surface area contributed by atoms with Crippen molar-refractivity contribution in [2.45, 2.75) is 24.9 Å². The molecular weight excluding hydrogens is 370 g/mol. The van der Waals surface area contributed by atoms with Crippen molar-refractivity contribution in [1.82, 2.24) is 15.2 Å². The molecule has 22 heavy (non-hydrogen) atoms. The van der Waals surface area contributed by atoms with Gasteiger partial charge >= 0.3 is 0 Å². The molecule has 1 saturated heterocycles. The maximum atomic E-state index is 12.1. The summed E-state index contributed by atoms with van der Waals surface area (Å²) in [6, 6.07) is 0. The molecule has 2 heterocycles. The molecule has 1 fully saturated rings. The van der Waals surface area contributed by atoms with Crippen LogP contribution in [0.15, 0.2) is 22.8 Å². The number of amides is 2. The summed E-state index contributed by atoms with van der Waals surface area (Å²) in [4.78, 5) is 29.7. The van der Waals surface area contributed by atoms with Crippen molar-refractivity contribution in [3.63, 3.8) is 0 Å². The van der Waals surface area contributed by atoms with Crippen LogP contribution < -0.4 is 5.32 Å². The van der Waals surface area contributed by atoms with Gasteiger partial charge < -0.3 is 15.3 Å². The van der Waals surface area contributed by atoms with Gasteiger partial charge in [0, 0.05) is 26.1 Å². The highest BCUT2D eigenvalue weighted by Crippen LogP contribution is 2.39. The Hall–Kier alpha value is -1.25. The smallest absolute Gasteiger partial charge is 0.243 e. The molecule has 0 aliphatic carbocycles. The van der Waals surface area contributed by atoms with E-state index in [-0.39, 0.29) is 18.2 Å². The molecule has 1 aliphatic rings. The van der Waals surface area contributed by atoms with Crippen molar-refractivity contribution >= 4 is 39.1 Å². The topological polar surface area (TPSA) is 82.5 Å². The first-order valence-electron chi connectivity index (χ1n) is 6.96. The lowest BCUT2D eigenvalue weighted by Crippen LogP contribution is -2.45. The van der Waals surface area contributed by atoms with Gasteiger partial charge in [-0.05, 0) is 34.8 Å². The molecule has 1 aromatic rings. The number of thiazole rings is 1. The van der Waals surface area contributed by atoms with E-state index in [0.717, 1.165) is 4.88 Å². The number of piperidine rings is 1. The predicted molar refractivity (Wildman–Crippen MR) is 87.3 cm³/mol. The highest BCUT2D eigenvalue weighted by molar-refractivity contribution is 9.10. The summed E-state index contributed by atoms with van der Waals surface area (Å²) < 4.78 is 0.673. The van der Waals surface area contributed by atoms with Crippen molar-refractivity contribution in [3.8, 4) is 0 Å². The second-order valence-corrected chi connectivity index (χ2v) is 6.74. The number of aliphatic hydroxyl groups is 1. The van der Waals surface area contributed by atoms with Gasteiger partial charge in [-0.3, -0.25) is 9.59 Å². The van der Waals surface area contributed by atoms with Gasteiger partial charge in [-0.15, -0.1) is 11.3 Å². The third kappa shape index (κ3) is 3.93. The zero-order valence-corrected chi connectivity index (χ0v) is 14.5. The quantitative estimate of drug-likeness (QED) is 0.748. The molecule has 0 spiro atoms. The molecule has 0 unspecified atom stereocenters. The van der Waals surface area contributed by atoms with Crippen LogP contribution >= 0.6 is 27.3 Å². The Morgan fingerprint density at radius 3 is 2.77 bits per heavy atom. The largest absolute Gasteiger partial charge is 0.384 e. The lowest BCUT2D eigenvalue weighted by Gasteiger charge is -2.37. The van der Waals surface area contributed by atoms with E-state index in [0.29, 0.717) is 37.1 Å². The average molecular weight is 388 g/mol. The summed E-state index contributed by atoms with van der Waals surface area (Å²) in [7, 11) is 0. The standard InChI is InChI=1S/C14H18BrN3O3S/c1-2-10(19)16-6-3-11(20)18-7-4-14(21,5-8-18)12-13(15)17-9-22-12/h2,9,21H,1,3-8H2,(H,16,19). The Morgan fingerprint density at radius 2 is 2.23 bits per heavy atom. The zero-order chi connectivity index (χ0) is 16.2. The molecule has 0 atom stereocenters. The lowest BCUT2D eigenvalue weighted by molar-refractivity contribution is -0.135. The van der Waals surface area contributed by atoms with Crippen LogP contribution in [-0.2, 0) is 15.2 Å². The van der Waals surface area contributed by atoms with E-state index in [1.54, 1.807) is 10.4 Å². The van der Waals surface area contributed by atoms with E-state index in [1.807, 2.05) is 0 Å². The van der Waals surface area contributed by atoms with Crippen LogP contribution in [0.2, 0.25) is 0 Å². The lowest BCUT2D eigenvalue weighted by atomic mass is 9.90. The molecule has 8 heteroatoms. The van der Waals surface area contributed by atoms with Crippen molar-refractivity contribution < 1.29 is 14.7 Å².